The fourth-order valence-corrected chi connectivity index (χ4v) is 1.85. The summed E-state index contributed by atoms with van der Waals surface area (Å²) in [7, 11) is 0. The Bertz CT molecular complexity index is 165. The van der Waals surface area contributed by atoms with Gasteiger partial charge in [0.05, 0.1) is 0 Å². The van der Waals surface area contributed by atoms with Crippen molar-refractivity contribution in [2.24, 2.45) is 5.41 Å². The zero-order valence-electron chi connectivity index (χ0n) is 10.1. The molecule has 0 saturated carbocycles. The average Bonchev–Trinajstić information content (AvgIpc) is 2.26. The van der Waals surface area contributed by atoms with Crippen molar-refractivity contribution < 1.29 is 9.84 Å². The molecule has 0 atom stereocenters. The van der Waals surface area contributed by atoms with Gasteiger partial charge in [0.25, 0.3) is 0 Å². The molecule has 0 aromatic heterocycles. The molecule has 1 aliphatic heterocycles. The molecule has 0 unspecified atom stereocenters. The summed E-state index contributed by atoms with van der Waals surface area (Å²) in [4.78, 5) is 0. The third-order valence-corrected chi connectivity index (χ3v) is 3.11. The molecule has 1 heterocycles. The van der Waals surface area contributed by atoms with Gasteiger partial charge >= 0.3 is 0 Å². The normalized spacial score (nSPS) is 19.4. The van der Waals surface area contributed by atoms with Crippen LogP contribution in [0.15, 0.2) is 0 Å². The minimum absolute atomic E-state index is 0.0807. The molecular formula is C12H25NO2. The lowest BCUT2D eigenvalue weighted by Crippen LogP contribution is -2.35. The third kappa shape index (κ3) is 5.50. The van der Waals surface area contributed by atoms with Crippen molar-refractivity contribution >= 4 is 0 Å². The summed E-state index contributed by atoms with van der Waals surface area (Å²) in [6.07, 6.45) is 4.51. The van der Waals surface area contributed by atoms with Crippen molar-refractivity contribution in [2.75, 3.05) is 26.4 Å². The summed E-state index contributed by atoms with van der Waals surface area (Å²) in [5.41, 5.74) is 0.0807. The van der Waals surface area contributed by atoms with Crippen LogP contribution < -0.4 is 5.32 Å². The molecule has 0 spiro atoms. The molecule has 0 bridgehead atoms. The molecule has 1 saturated heterocycles. The first kappa shape index (κ1) is 12.9. The minimum atomic E-state index is 0.0807. The lowest BCUT2D eigenvalue weighted by atomic mass is 9.89. The number of aliphatic hydroxyl groups excluding tert-OH is 1. The van der Waals surface area contributed by atoms with Gasteiger partial charge in [0.1, 0.15) is 0 Å². The van der Waals surface area contributed by atoms with Gasteiger partial charge in [-0.15, -0.1) is 0 Å². The highest BCUT2D eigenvalue weighted by atomic mass is 16.5. The van der Waals surface area contributed by atoms with Gasteiger partial charge in [-0.3, -0.25) is 0 Å². The molecule has 3 nitrogen and oxygen atoms in total. The summed E-state index contributed by atoms with van der Waals surface area (Å²) in [5.74, 6) is 0. The Morgan fingerprint density at radius 1 is 1.33 bits per heavy atom. The highest BCUT2D eigenvalue weighted by Crippen LogP contribution is 2.20. The van der Waals surface area contributed by atoms with Crippen molar-refractivity contribution in [2.45, 2.75) is 45.6 Å². The van der Waals surface area contributed by atoms with E-state index in [4.69, 9.17) is 9.84 Å². The van der Waals surface area contributed by atoms with Crippen LogP contribution in [0.4, 0.5) is 0 Å². The van der Waals surface area contributed by atoms with Gasteiger partial charge in [0.2, 0.25) is 0 Å². The fourth-order valence-electron chi connectivity index (χ4n) is 1.85. The smallest absolute Gasteiger partial charge is 0.0482 e. The van der Waals surface area contributed by atoms with Gasteiger partial charge in [-0.05, 0) is 37.6 Å². The van der Waals surface area contributed by atoms with E-state index in [2.05, 4.69) is 19.2 Å². The molecular weight excluding hydrogens is 190 g/mol. The predicted octanol–water partition coefficient (Wildman–Crippen LogP) is 1.55. The largest absolute Gasteiger partial charge is 0.396 e. The molecule has 1 aliphatic rings. The standard InChI is InChI=1S/C12H25NO2/c1-12(2,10-14)6-3-7-13-11-4-8-15-9-5-11/h11,13-14H,3-10H2,1-2H3. The van der Waals surface area contributed by atoms with E-state index < -0.39 is 0 Å². The van der Waals surface area contributed by atoms with E-state index in [-0.39, 0.29) is 12.0 Å². The number of hydrogen-bond donors (Lipinski definition) is 2. The predicted molar refractivity (Wildman–Crippen MR) is 61.9 cm³/mol. The quantitative estimate of drug-likeness (QED) is 0.661. The molecule has 90 valence electrons. The van der Waals surface area contributed by atoms with Gasteiger partial charge in [-0.1, -0.05) is 13.8 Å². The first-order chi connectivity index (χ1) is 7.14. The second-order valence-electron chi connectivity index (χ2n) is 5.27. The Kier molecular flexibility index (Phi) is 5.58. The van der Waals surface area contributed by atoms with Gasteiger partial charge in [-0.25, -0.2) is 0 Å². The molecule has 0 radical (unpaired) electrons. The Labute approximate surface area is 93.2 Å². The molecule has 0 aliphatic carbocycles. The van der Waals surface area contributed by atoms with Crippen molar-refractivity contribution in [1.82, 2.24) is 5.32 Å². The lowest BCUT2D eigenvalue weighted by Gasteiger charge is -2.25. The van der Waals surface area contributed by atoms with Crippen LogP contribution in [0.5, 0.6) is 0 Å². The van der Waals surface area contributed by atoms with E-state index in [0.717, 1.165) is 45.4 Å². The van der Waals surface area contributed by atoms with Crippen molar-refractivity contribution in [1.29, 1.82) is 0 Å². The maximum absolute atomic E-state index is 9.11. The summed E-state index contributed by atoms with van der Waals surface area (Å²) < 4.78 is 5.30. The van der Waals surface area contributed by atoms with Crippen LogP contribution in [0.2, 0.25) is 0 Å². The van der Waals surface area contributed by atoms with Gasteiger partial charge < -0.3 is 15.2 Å². The first-order valence-corrected chi connectivity index (χ1v) is 6.06. The summed E-state index contributed by atoms with van der Waals surface area (Å²) in [6, 6.07) is 0.649. The summed E-state index contributed by atoms with van der Waals surface area (Å²) in [6.45, 7) is 7.38. The molecule has 3 heteroatoms. The van der Waals surface area contributed by atoms with Gasteiger partial charge in [-0.2, -0.15) is 0 Å². The van der Waals surface area contributed by atoms with Crippen LogP contribution in [0.25, 0.3) is 0 Å². The number of aliphatic hydroxyl groups is 1. The van der Waals surface area contributed by atoms with E-state index in [0.29, 0.717) is 6.04 Å². The highest BCUT2D eigenvalue weighted by molar-refractivity contribution is 4.72. The third-order valence-electron chi connectivity index (χ3n) is 3.11. The molecule has 1 fully saturated rings. The number of nitrogens with one attached hydrogen (secondary N) is 1. The van der Waals surface area contributed by atoms with Crippen LogP contribution in [0.1, 0.15) is 39.5 Å². The van der Waals surface area contributed by atoms with Gasteiger partial charge in [0, 0.05) is 25.9 Å². The molecule has 0 amide bonds. The highest BCUT2D eigenvalue weighted by Gasteiger charge is 2.16. The molecule has 2 N–H and O–H groups in total. The number of ether oxygens (including phenoxy) is 1. The summed E-state index contributed by atoms with van der Waals surface area (Å²) in [5, 5.41) is 12.7. The van der Waals surface area contributed by atoms with Crippen LogP contribution >= 0.6 is 0 Å². The van der Waals surface area contributed by atoms with Crippen LogP contribution in [0.3, 0.4) is 0 Å². The topological polar surface area (TPSA) is 41.5 Å². The van der Waals surface area contributed by atoms with E-state index in [1.54, 1.807) is 0 Å². The van der Waals surface area contributed by atoms with Crippen LogP contribution in [-0.4, -0.2) is 37.5 Å². The van der Waals surface area contributed by atoms with Crippen LogP contribution in [0, 0.1) is 5.41 Å². The summed E-state index contributed by atoms with van der Waals surface area (Å²) >= 11 is 0. The average molecular weight is 215 g/mol. The molecule has 0 aromatic carbocycles. The van der Waals surface area contributed by atoms with Crippen molar-refractivity contribution in [3.05, 3.63) is 0 Å². The van der Waals surface area contributed by atoms with Gasteiger partial charge in [0.15, 0.2) is 0 Å². The molecule has 15 heavy (non-hydrogen) atoms. The second kappa shape index (κ2) is 6.46. The second-order valence-corrected chi connectivity index (χ2v) is 5.27. The number of rotatable bonds is 6. The van der Waals surface area contributed by atoms with Crippen LogP contribution in [-0.2, 0) is 4.74 Å². The first-order valence-electron chi connectivity index (χ1n) is 6.06. The Morgan fingerprint density at radius 2 is 2.00 bits per heavy atom. The monoisotopic (exact) mass is 215 g/mol. The van der Waals surface area contributed by atoms with E-state index in [9.17, 15) is 0 Å². The van der Waals surface area contributed by atoms with E-state index in [1.165, 1.54) is 0 Å². The zero-order chi connectivity index (χ0) is 11.1. The van der Waals surface area contributed by atoms with Crippen molar-refractivity contribution in [3.8, 4) is 0 Å². The SMILES string of the molecule is CC(C)(CO)CCCNC1CCOCC1. The number of hydrogen-bond acceptors (Lipinski definition) is 3. The Balaban J connectivity index is 2.00. The maximum atomic E-state index is 9.11. The fraction of sp³-hybridized carbons (Fsp3) is 1.00. The lowest BCUT2D eigenvalue weighted by molar-refractivity contribution is 0.0774. The zero-order valence-corrected chi connectivity index (χ0v) is 10.1. The maximum Gasteiger partial charge on any atom is 0.0482 e. The minimum Gasteiger partial charge on any atom is -0.396 e. The van der Waals surface area contributed by atoms with Crippen molar-refractivity contribution in [3.63, 3.8) is 0 Å². The Morgan fingerprint density at radius 3 is 2.60 bits per heavy atom. The van der Waals surface area contributed by atoms with E-state index in [1.807, 2.05) is 0 Å². The molecule has 0 aromatic rings. The Hall–Kier alpha value is -0.120. The van der Waals surface area contributed by atoms with E-state index >= 15 is 0 Å². The molecule has 1 rings (SSSR count).